The molecule has 112 valence electrons. The predicted octanol–water partition coefficient (Wildman–Crippen LogP) is 2.59. The first kappa shape index (κ1) is 14.4. The fraction of sp³-hybridized carbons (Fsp3) is 0.278. The third-order valence-electron chi connectivity index (χ3n) is 4.08. The van der Waals surface area contributed by atoms with Crippen LogP contribution >= 0.6 is 0 Å². The standard InChI is InChI=1S/C18H19N3O/c19-13-15-5-7-16(8-6-15)14-20-9-11-21(12-10-20)17-3-1-2-4-18(17)22/h1-8,22H,9-12,14H2. The van der Waals surface area contributed by atoms with Gasteiger partial charge in [0, 0.05) is 32.7 Å². The summed E-state index contributed by atoms with van der Waals surface area (Å²) in [4.78, 5) is 4.63. The first-order chi connectivity index (χ1) is 10.8. The Hall–Kier alpha value is -2.51. The van der Waals surface area contributed by atoms with Gasteiger partial charge in [0.15, 0.2) is 0 Å². The van der Waals surface area contributed by atoms with Gasteiger partial charge in [-0.2, -0.15) is 5.26 Å². The van der Waals surface area contributed by atoms with Crippen molar-refractivity contribution in [2.45, 2.75) is 6.54 Å². The lowest BCUT2D eigenvalue weighted by Crippen LogP contribution is -2.45. The van der Waals surface area contributed by atoms with Gasteiger partial charge in [0.25, 0.3) is 0 Å². The van der Waals surface area contributed by atoms with Gasteiger partial charge in [-0.1, -0.05) is 24.3 Å². The van der Waals surface area contributed by atoms with Gasteiger partial charge in [0.05, 0.1) is 17.3 Å². The predicted molar refractivity (Wildman–Crippen MR) is 86.8 cm³/mol. The molecule has 0 amide bonds. The van der Waals surface area contributed by atoms with Crippen molar-refractivity contribution in [2.75, 3.05) is 31.1 Å². The lowest BCUT2D eigenvalue weighted by atomic mass is 10.1. The van der Waals surface area contributed by atoms with Crippen molar-refractivity contribution in [3.05, 3.63) is 59.7 Å². The number of phenolic OH excluding ortho intramolecular Hbond substituents is 1. The van der Waals surface area contributed by atoms with Crippen LogP contribution in [0.3, 0.4) is 0 Å². The quantitative estimate of drug-likeness (QED) is 0.945. The number of piperazine rings is 1. The highest BCUT2D eigenvalue weighted by atomic mass is 16.3. The molecule has 3 rings (SSSR count). The molecule has 4 nitrogen and oxygen atoms in total. The van der Waals surface area contributed by atoms with Gasteiger partial charge in [0.2, 0.25) is 0 Å². The van der Waals surface area contributed by atoms with Crippen molar-refractivity contribution in [1.82, 2.24) is 4.90 Å². The molecule has 0 aromatic heterocycles. The normalized spacial score (nSPS) is 15.5. The summed E-state index contributed by atoms with van der Waals surface area (Å²) >= 11 is 0. The summed E-state index contributed by atoms with van der Waals surface area (Å²) in [6.45, 7) is 4.66. The average molecular weight is 293 g/mol. The molecule has 0 radical (unpaired) electrons. The molecule has 0 bridgehead atoms. The highest BCUT2D eigenvalue weighted by molar-refractivity contribution is 5.57. The molecule has 0 unspecified atom stereocenters. The second kappa shape index (κ2) is 6.50. The number of benzene rings is 2. The van der Waals surface area contributed by atoms with Crippen LogP contribution in [0.2, 0.25) is 0 Å². The number of phenols is 1. The van der Waals surface area contributed by atoms with E-state index in [9.17, 15) is 5.11 Å². The summed E-state index contributed by atoms with van der Waals surface area (Å²) in [6.07, 6.45) is 0. The van der Waals surface area contributed by atoms with E-state index in [-0.39, 0.29) is 0 Å². The molecule has 2 aromatic carbocycles. The molecule has 2 aromatic rings. The Kier molecular flexibility index (Phi) is 4.27. The van der Waals surface area contributed by atoms with Crippen LogP contribution < -0.4 is 4.90 Å². The van der Waals surface area contributed by atoms with Crippen LogP contribution in [-0.4, -0.2) is 36.2 Å². The molecule has 0 saturated carbocycles. The molecule has 1 saturated heterocycles. The maximum absolute atomic E-state index is 9.93. The van der Waals surface area contributed by atoms with E-state index in [0.29, 0.717) is 11.3 Å². The lowest BCUT2D eigenvalue weighted by Gasteiger charge is -2.36. The zero-order valence-corrected chi connectivity index (χ0v) is 12.4. The Balaban J connectivity index is 1.57. The molecule has 1 aliphatic heterocycles. The second-order valence-corrected chi connectivity index (χ2v) is 5.56. The number of nitrogens with zero attached hydrogens (tertiary/aromatic N) is 3. The topological polar surface area (TPSA) is 50.5 Å². The molecule has 0 atom stereocenters. The highest BCUT2D eigenvalue weighted by Gasteiger charge is 2.18. The Labute approximate surface area is 130 Å². The Morgan fingerprint density at radius 2 is 1.64 bits per heavy atom. The number of hydrogen-bond donors (Lipinski definition) is 1. The molecule has 0 aliphatic carbocycles. The van der Waals surface area contributed by atoms with Gasteiger partial charge in [0.1, 0.15) is 5.75 Å². The van der Waals surface area contributed by atoms with Gasteiger partial charge < -0.3 is 10.0 Å². The van der Waals surface area contributed by atoms with E-state index in [1.165, 1.54) is 5.56 Å². The molecule has 4 heteroatoms. The molecule has 1 fully saturated rings. The molecule has 1 N–H and O–H groups in total. The summed E-state index contributed by atoms with van der Waals surface area (Å²) in [5, 5.41) is 18.8. The third-order valence-corrected chi connectivity index (χ3v) is 4.08. The summed E-state index contributed by atoms with van der Waals surface area (Å²) < 4.78 is 0. The van der Waals surface area contributed by atoms with Crippen molar-refractivity contribution in [2.24, 2.45) is 0 Å². The number of para-hydroxylation sites is 2. The third kappa shape index (κ3) is 3.21. The van der Waals surface area contributed by atoms with Crippen LogP contribution in [0.1, 0.15) is 11.1 Å². The van der Waals surface area contributed by atoms with Crippen LogP contribution in [0.15, 0.2) is 48.5 Å². The molecule has 1 aliphatic rings. The summed E-state index contributed by atoms with van der Waals surface area (Å²) in [5.41, 5.74) is 2.85. The van der Waals surface area contributed by atoms with Gasteiger partial charge in [-0.15, -0.1) is 0 Å². The molecule has 1 heterocycles. The minimum absolute atomic E-state index is 0.350. The molecule has 22 heavy (non-hydrogen) atoms. The van der Waals surface area contributed by atoms with E-state index in [4.69, 9.17) is 5.26 Å². The maximum Gasteiger partial charge on any atom is 0.138 e. The first-order valence-corrected chi connectivity index (χ1v) is 7.50. The minimum atomic E-state index is 0.350. The monoisotopic (exact) mass is 293 g/mol. The SMILES string of the molecule is N#Cc1ccc(CN2CCN(c3ccccc3O)CC2)cc1. The lowest BCUT2D eigenvalue weighted by molar-refractivity contribution is 0.249. The smallest absolute Gasteiger partial charge is 0.138 e. The summed E-state index contributed by atoms with van der Waals surface area (Å²) in [5.74, 6) is 0.350. The van der Waals surface area contributed by atoms with E-state index in [0.717, 1.165) is 38.4 Å². The van der Waals surface area contributed by atoms with E-state index < -0.39 is 0 Å². The van der Waals surface area contributed by atoms with Crippen LogP contribution in [-0.2, 0) is 6.54 Å². The van der Waals surface area contributed by atoms with E-state index in [2.05, 4.69) is 15.9 Å². The van der Waals surface area contributed by atoms with Crippen molar-refractivity contribution in [1.29, 1.82) is 5.26 Å². The summed E-state index contributed by atoms with van der Waals surface area (Å²) in [6, 6.07) is 17.4. The average Bonchev–Trinajstić information content (AvgIpc) is 2.57. The van der Waals surface area contributed by atoms with Crippen LogP contribution in [0.4, 0.5) is 5.69 Å². The minimum Gasteiger partial charge on any atom is -0.506 e. The van der Waals surface area contributed by atoms with Crippen molar-refractivity contribution in [3.63, 3.8) is 0 Å². The maximum atomic E-state index is 9.93. The second-order valence-electron chi connectivity index (χ2n) is 5.56. The number of anilines is 1. The van der Waals surface area contributed by atoms with Crippen molar-refractivity contribution in [3.8, 4) is 11.8 Å². The van der Waals surface area contributed by atoms with Gasteiger partial charge >= 0.3 is 0 Å². The Morgan fingerprint density at radius 3 is 2.27 bits per heavy atom. The van der Waals surface area contributed by atoms with Crippen LogP contribution in [0.25, 0.3) is 0 Å². The number of rotatable bonds is 3. The number of nitriles is 1. The van der Waals surface area contributed by atoms with Gasteiger partial charge in [-0.05, 0) is 29.8 Å². The van der Waals surface area contributed by atoms with Crippen molar-refractivity contribution < 1.29 is 5.11 Å². The Morgan fingerprint density at radius 1 is 0.955 bits per heavy atom. The van der Waals surface area contributed by atoms with Crippen LogP contribution in [0.5, 0.6) is 5.75 Å². The van der Waals surface area contributed by atoms with E-state index in [1.54, 1.807) is 6.07 Å². The number of hydrogen-bond acceptors (Lipinski definition) is 4. The Bertz CT molecular complexity index is 667. The first-order valence-electron chi connectivity index (χ1n) is 7.50. The van der Waals surface area contributed by atoms with E-state index >= 15 is 0 Å². The molecular formula is C18H19N3O. The zero-order chi connectivity index (χ0) is 15.4. The highest BCUT2D eigenvalue weighted by Crippen LogP contribution is 2.27. The fourth-order valence-electron chi connectivity index (χ4n) is 2.82. The van der Waals surface area contributed by atoms with Gasteiger partial charge in [-0.25, -0.2) is 0 Å². The van der Waals surface area contributed by atoms with Crippen molar-refractivity contribution >= 4 is 5.69 Å². The fourth-order valence-corrected chi connectivity index (χ4v) is 2.82. The summed E-state index contributed by atoms with van der Waals surface area (Å²) in [7, 11) is 0. The van der Waals surface area contributed by atoms with Gasteiger partial charge in [-0.3, -0.25) is 4.90 Å². The zero-order valence-electron chi connectivity index (χ0n) is 12.4. The van der Waals surface area contributed by atoms with E-state index in [1.807, 2.05) is 42.5 Å². The number of aromatic hydroxyl groups is 1. The molecular weight excluding hydrogens is 274 g/mol. The molecule has 0 spiro atoms. The largest absolute Gasteiger partial charge is 0.506 e. The van der Waals surface area contributed by atoms with Crippen LogP contribution in [0, 0.1) is 11.3 Å².